The van der Waals surface area contributed by atoms with Gasteiger partial charge in [-0.2, -0.15) is 0 Å². The number of halogens is 3. The van der Waals surface area contributed by atoms with Crippen LogP contribution in [0.2, 0.25) is 0 Å². The molecule has 3 unspecified atom stereocenters. The summed E-state index contributed by atoms with van der Waals surface area (Å²) < 4.78 is 14.6. The number of hydrogen-bond donors (Lipinski definition) is 2. The van der Waals surface area contributed by atoms with Crippen molar-refractivity contribution in [3.8, 4) is 0 Å². The van der Waals surface area contributed by atoms with Crippen LogP contribution in [-0.2, 0) is 15.0 Å². The normalized spacial score (nSPS) is 26.4. The van der Waals surface area contributed by atoms with Crippen LogP contribution in [0.25, 0.3) is 10.9 Å². The first kappa shape index (κ1) is 24.4. The molecular weight excluding hydrogens is 456 g/mol. The first-order chi connectivity index (χ1) is 14.4. The molecule has 1 fully saturated rings. The fraction of sp³-hybridized carbons (Fsp3) is 0.409. The number of amides is 2. The lowest BCUT2D eigenvalue weighted by atomic mass is 9.63. The quantitative estimate of drug-likeness (QED) is 0.657. The predicted octanol–water partition coefficient (Wildman–Crippen LogP) is 2.30. The Bertz CT molecular complexity index is 1120. The van der Waals surface area contributed by atoms with Gasteiger partial charge in [-0.05, 0) is 19.9 Å². The van der Waals surface area contributed by atoms with Crippen LogP contribution >= 0.6 is 24.8 Å². The third-order valence-corrected chi connectivity index (χ3v) is 6.83. The molecule has 3 aliphatic rings. The summed E-state index contributed by atoms with van der Waals surface area (Å²) in [4.78, 5) is 28.0. The number of nitrogens with zero attached hydrogens (tertiary/aromatic N) is 3. The second-order valence-electron chi connectivity index (χ2n) is 8.46. The molecular formula is C22H26Cl2FN5O2. The van der Waals surface area contributed by atoms with Gasteiger partial charge in [0.05, 0.1) is 5.69 Å². The number of fused-ring (bicyclic) bond motifs is 1. The second kappa shape index (κ2) is 8.94. The van der Waals surface area contributed by atoms with Crippen LogP contribution in [0.1, 0.15) is 19.5 Å². The van der Waals surface area contributed by atoms with Crippen molar-refractivity contribution in [2.45, 2.75) is 25.3 Å². The van der Waals surface area contributed by atoms with E-state index in [0.717, 1.165) is 26.2 Å². The van der Waals surface area contributed by atoms with Crippen LogP contribution in [0, 0.1) is 5.92 Å². The third kappa shape index (κ3) is 3.55. The minimum Gasteiger partial charge on any atom is -0.314 e. The number of para-hydroxylation sites is 1. The molecule has 1 aromatic carbocycles. The number of piperazine rings is 1. The first-order valence-corrected chi connectivity index (χ1v) is 10.3. The lowest BCUT2D eigenvalue weighted by Crippen LogP contribution is -2.54. The molecule has 1 aromatic heterocycles. The molecule has 1 saturated heterocycles. The fourth-order valence-corrected chi connectivity index (χ4v) is 5.31. The third-order valence-electron chi connectivity index (χ3n) is 6.83. The Morgan fingerprint density at radius 1 is 1.16 bits per heavy atom. The van der Waals surface area contributed by atoms with E-state index in [9.17, 15) is 14.1 Å². The molecule has 7 nitrogen and oxygen atoms in total. The minimum absolute atomic E-state index is 0. The molecule has 2 amide bonds. The van der Waals surface area contributed by atoms with E-state index in [-0.39, 0.29) is 48.6 Å². The Balaban J connectivity index is 0.00000144. The van der Waals surface area contributed by atoms with E-state index in [4.69, 9.17) is 0 Å². The smallest absolute Gasteiger partial charge is 0.258 e. The van der Waals surface area contributed by atoms with Crippen LogP contribution in [0.4, 0.5) is 4.48 Å². The summed E-state index contributed by atoms with van der Waals surface area (Å²) in [6.45, 7) is 7.48. The summed E-state index contributed by atoms with van der Waals surface area (Å²) in [6, 6.07) is 7.12. The maximum atomic E-state index is 14.6. The molecule has 0 saturated carbocycles. The van der Waals surface area contributed by atoms with Gasteiger partial charge in [0.1, 0.15) is 5.52 Å². The maximum Gasteiger partial charge on any atom is 0.258 e. The largest absolute Gasteiger partial charge is 0.314 e. The van der Waals surface area contributed by atoms with Gasteiger partial charge in [-0.15, -0.1) is 29.9 Å². The summed E-state index contributed by atoms with van der Waals surface area (Å²) in [7, 11) is 0. The Morgan fingerprint density at radius 2 is 1.84 bits per heavy atom. The van der Waals surface area contributed by atoms with Crippen molar-refractivity contribution in [2.75, 3.05) is 26.2 Å². The highest BCUT2D eigenvalue weighted by molar-refractivity contribution is 6.21. The van der Waals surface area contributed by atoms with Gasteiger partial charge in [0, 0.05) is 60.1 Å². The zero-order valence-electron chi connectivity index (χ0n) is 17.8. The zero-order chi connectivity index (χ0) is 21.0. The summed E-state index contributed by atoms with van der Waals surface area (Å²) >= 11 is 0. The molecule has 10 heteroatoms. The van der Waals surface area contributed by atoms with Crippen molar-refractivity contribution in [2.24, 2.45) is 5.92 Å². The van der Waals surface area contributed by atoms with Gasteiger partial charge in [0.15, 0.2) is 0 Å². The monoisotopic (exact) mass is 481 g/mol. The minimum atomic E-state index is -0.762. The molecule has 2 aliphatic heterocycles. The molecule has 0 bridgehead atoms. The van der Waals surface area contributed by atoms with E-state index in [0.29, 0.717) is 32.6 Å². The number of carbonyl (C=O) groups excluding carboxylic acids is 2. The van der Waals surface area contributed by atoms with Crippen molar-refractivity contribution in [3.05, 3.63) is 53.3 Å². The van der Waals surface area contributed by atoms with Crippen LogP contribution in [0.5, 0.6) is 0 Å². The lowest BCUT2D eigenvalue weighted by Gasteiger charge is -2.45. The molecule has 2 aromatic rings. The molecule has 3 atom stereocenters. The van der Waals surface area contributed by atoms with E-state index in [1.165, 1.54) is 0 Å². The number of rotatable bonds is 3. The number of imide groups is 1. The highest BCUT2D eigenvalue weighted by atomic mass is 35.5. The van der Waals surface area contributed by atoms with E-state index in [2.05, 4.69) is 27.6 Å². The van der Waals surface area contributed by atoms with Crippen molar-refractivity contribution >= 4 is 47.5 Å². The Kier molecular flexibility index (Phi) is 6.81. The molecule has 2 N–H and O–H groups in total. The van der Waals surface area contributed by atoms with Gasteiger partial charge >= 0.3 is 0 Å². The molecule has 1 aliphatic carbocycles. The Morgan fingerprint density at radius 3 is 2.56 bits per heavy atom. The van der Waals surface area contributed by atoms with Crippen molar-refractivity contribution in [1.82, 2.24) is 25.5 Å². The maximum absolute atomic E-state index is 14.6. The number of benzene rings is 1. The van der Waals surface area contributed by atoms with Crippen molar-refractivity contribution < 1.29 is 14.1 Å². The van der Waals surface area contributed by atoms with Crippen LogP contribution in [0.15, 0.2) is 47.6 Å². The van der Waals surface area contributed by atoms with E-state index < -0.39 is 5.41 Å². The fourth-order valence-electron chi connectivity index (χ4n) is 5.31. The average molecular weight is 482 g/mol. The standard InChI is InChI=1S/C22H24FN5O2.2ClH/c1-13(27-11-9-24-10-12-27)18-17-15(20(29)25-21(17)30)7-8-22(18,2)19-14-5-3-4-6-16(14)28(23)26-19;;/h3-8,13,18,24H,9-12H2,1-2H3,(H,25,29,30);2*1H. The molecule has 5 rings (SSSR count). The topological polar surface area (TPSA) is 79.3 Å². The number of nitrogens with one attached hydrogen (secondary N) is 2. The number of hydrogen-bond acceptors (Lipinski definition) is 5. The molecule has 32 heavy (non-hydrogen) atoms. The highest BCUT2D eigenvalue weighted by Crippen LogP contribution is 2.48. The lowest BCUT2D eigenvalue weighted by molar-refractivity contribution is -0.124. The molecule has 0 spiro atoms. The predicted molar refractivity (Wildman–Crippen MR) is 125 cm³/mol. The SMILES string of the molecule is CC(C1C2=C(C=CC1(C)c1nn(F)c3ccccc13)C(=O)NC2=O)N1CCNCC1.Cl.Cl. The van der Waals surface area contributed by atoms with Gasteiger partial charge in [0.25, 0.3) is 11.8 Å². The zero-order valence-corrected chi connectivity index (χ0v) is 19.4. The van der Waals surface area contributed by atoms with Gasteiger partial charge in [-0.3, -0.25) is 19.8 Å². The second-order valence-corrected chi connectivity index (χ2v) is 8.46. The van der Waals surface area contributed by atoms with Crippen LogP contribution in [-0.4, -0.2) is 58.9 Å². The molecule has 3 heterocycles. The molecule has 172 valence electrons. The van der Waals surface area contributed by atoms with Gasteiger partial charge in [-0.1, -0.05) is 39.7 Å². The number of carbonyl (C=O) groups is 2. The van der Waals surface area contributed by atoms with Gasteiger partial charge in [-0.25, -0.2) is 0 Å². The number of allylic oxidation sites excluding steroid dienone is 1. The highest BCUT2D eigenvalue weighted by Gasteiger charge is 2.51. The van der Waals surface area contributed by atoms with Gasteiger partial charge < -0.3 is 5.32 Å². The summed E-state index contributed by atoms with van der Waals surface area (Å²) in [5.74, 6) is -1.08. The number of aromatic nitrogens is 2. The van der Waals surface area contributed by atoms with E-state index >= 15 is 0 Å². The first-order valence-electron chi connectivity index (χ1n) is 10.3. The van der Waals surface area contributed by atoms with Gasteiger partial charge in [0.2, 0.25) is 0 Å². The Labute approximate surface area is 197 Å². The van der Waals surface area contributed by atoms with E-state index in [1.54, 1.807) is 18.2 Å². The summed E-state index contributed by atoms with van der Waals surface area (Å²) in [5.41, 5.74) is 1.09. The van der Waals surface area contributed by atoms with E-state index in [1.807, 2.05) is 25.1 Å². The van der Waals surface area contributed by atoms with Crippen LogP contribution < -0.4 is 10.6 Å². The summed E-state index contributed by atoms with van der Waals surface area (Å²) in [5, 5.41) is 10.7. The van der Waals surface area contributed by atoms with Crippen molar-refractivity contribution in [3.63, 3.8) is 0 Å². The average Bonchev–Trinajstić information content (AvgIpc) is 3.25. The summed E-state index contributed by atoms with van der Waals surface area (Å²) in [6.07, 6.45) is 3.62. The Hall–Kier alpha value is -2.26. The van der Waals surface area contributed by atoms with Crippen molar-refractivity contribution in [1.29, 1.82) is 0 Å². The van der Waals surface area contributed by atoms with Crippen LogP contribution in [0.3, 0.4) is 0 Å². The molecule has 0 radical (unpaired) electrons.